The Morgan fingerprint density at radius 1 is 1.36 bits per heavy atom. The highest BCUT2D eigenvalue weighted by atomic mass is 16.2. The van der Waals surface area contributed by atoms with Crippen LogP contribution in [0.5, 0.6) is 0 Å². The Balaban J connectivity index is 2.52. The first-order valence-corrected chi connectivity index (χ1v) is 7.32. The number of nitrogens with zero attached hydrogens (tertiary/aromatic N) is 2. The molecule has 0 atom stereocenters. The Morgan fingerprint density at radius 3 is 2.73 bits per heavy atom. The van der Waals surface area contributed by atoms with Crippen molar-refractivity contribution in [3.63, 3.8) is 0 Å². The number of rotatable bonds is 4. The molecule has 1 heterocycles. The Labute approximate surface area is 130 Å². The number of nitrogens with one attached hydrogen (secondary N) is 1. The Hall–Kier alpha value is -2.56. The molecule has 0 radical (unpaired) electrons. The van der Waals surface area contributed by atoms with E-state index in [-0.39, 0.29) is 0 Å². The molecule has 0 aliphatic heterocycles. The third-order valence-electron chi connectivity index (χ3n) is 3.77. The first-order chi connectivity index (χ1) is 10.5. The number of amides is 2. The summed E-state index contributed by atoms with van der Waals surface area (Å²) in [5, 5.41) is 3.85. The van der Waals surface area contributed by atoms with Crippen LogP contribution in [0.2, 0.25) is 0 Å². The lowest BCUT2D eigenvalue weighted by atomic mass is 10.1. The molecule has 2 amide bonds. The quantitative estimate of drug-likeness (QED) is 0.661. The standard InChI is InChI=1S/C17H22N4O/c1-5-14-8-6-7-11(2)16(14)21-12(3)9-15(13(21)4)10-19-20-17(18)22/h6-10H,5H2,1-4H3,(H3,18,20,22)/b19-10-. The molecule has 22 heavy (non-hydrogen) atoms. The number of carbonyl (C=O) groups excluding carboxylic acids is 1. The van der Waals surface area contributed by atoms with E-state index in [9.17, 15) is 4.79 Å². The van der Waals surface area contributed by atoms with Gasteiger partial charge >= 0.3 is 6.03 Å². The number of hydrogen-bond acceptors (Lipinski definition) is 2. The van der Waals surface area contributed by atoms with E-state index in [0.717, 1.165) is 23.4 Å². The number of aryl methyl sites for hydroxylation is 3. The number of para-hydroxylation sites is 1. The van der Waals surface area contributed by atoms with Crippen LogP contribution < -0.4 is 11.2 Å². The molecule has 0 aliphatic carbocycles. The summed E-state index contributed by atoms with van der Waals surface area (Å²) in [6.45, 7) is 8.39. The lowest BCUT2D eigenvalue weighted by molar-refractivity contribution is 0.249. The van der Waals surface area contributed by atoms with E-state index < -0.39 is 6.03 Å². The minimum absolute atomic E-state index is 0.669. The van der Waals surface area contributed by atoms with Crippen molar-refractivity contribution in [3.05, 3.63) is 52.3 Å². The molecule has 116 valence electrons. The Bertz CT molecular complexity index is 729. The minimum atomic E-state index is -0.669. The van der Waals surface area contributed by atoms with Crippen LogP contribution >= 0.6 is 0 Å². The molecule has 5 nitrogen and oxygen atoms in total. The van der Waals surface area contributed by atoms with Crippen LogP contribution in [0.4, 0.5) is 4.79 Å². The molecule has 2 rings (SSSR count). The van der Waals surface area contributed by atoms with Gasteiger partial charge in [-0.15, -0.1) is 0 Å². The molecule has 0 aliphatic rings. The second kappa shape index (κ2) is 6.47. The molecular weight excluding hydrogens is 276 g/mol. The SMILES string of the molecule is CCc1cccc(C)c1-n1c(C)cc(/C=N\NC(N)=O)c1C. The molecule has 5 heteroatoms. The summed E-state index contributed by atoms with van der Waals surface area (Å²) in [4.78, 5) is 10.7. The first-order valence-electron chi connectivity index (χ1n) is 7.32. The fourth-order valence-corrected chi connectivity index (χ4v) is 2.75. The molecule has 0 saturated carbocycles. The van der Waals surface area contributed by atoms with Gasteiger partial charge in [0.1, 0.15) is 0 Å². The first kappa shape index (κ1) is 15.8. The van der Waals surface area contributed by atoms with Crippen molar-refractivity contribution in [2.75, 3.05) is 0 Å². The third-order valence-corrected chi connectivity index (χ3v) is 3.77. The van der Waals surface area contributed by atoms with Gasteiger partial charge in [-0.2, -0.15) is 5.10 Å². The predicted octanol–water partition coefficient (Wildman–Crippen LogP) is 2.97. The van der Waals surface area contributed by atoms with Gasteiger partial charge in [-0.25, -0.2) is 10.2 Å². The largest absolute Gasteiger partial charge is 0.350 e. The van der Waals surface area contributed by atoms with E-state index >= 15 is 0 Å². The second-order valence-corrected chi connectivity index (χ2v) is 5.33. The van der Waals surface area contributed by atoms with Crippen molar-refractivity contribution >= 4 is 12.2 Å². The number of nitrogens with two attached hydrogens (primary N) is 1. The van der Waals surface area contributed by atoms with Gasteiger partial charge in [0, 0.05) is 17.0 Å². The maximum absolute atomic E-state index is 10.7. The Morgan fingerprint density at radius 2 is 2.09 bits per heavy atom. The maximum Gasteiger partial charge on any atom is 0.332 e. The molecule has 3 N–H and O–H groups in total. The van der Waals surface area contributed by atoms with Crippen LogP contribution in [-0.2, 0) is 6.42 Å². The van der Waals surface area contributed by atoms with Crippen LogP contribution in [0.3, 0.4) is 0 Å². The predicted molar refractivity (Wildman–Crippen MR) is 89.7 cm³/mol. The second-order valence-electron chi connectivity index (χ2n) is 5.33. The van der Waals surface area contributed by atoms with Crippen molar-refractivity contribution in [2.24, 2.45) is 10.8 Å². The smallest absolute Gasteiger partial charge is 0.332 e. The van der Waals surface area contributed by atoms with Gasteiger partial charge in [0.2, 0.25) is 0 Å². The van der Waals surface area contributed by atoms with Crippen LogP contribution in [0.25, 0.3) is 5.69 Å². The highest BCUT2D eigenvalue weighted by molar-refractivity contribution is 5.83. The molecule has 0 bridgehead atoms. The number of hydrazone groups is 1. The zero-order valence-corrected chi connectivity index (χ0v) is 13.5. The lowest BCUT2D eigenvalue weighted by Gasteiger charge is -2.17. The number of primary amides is 1. The van der Waals surface area contributed by atoms with E-state index in [2.05, 4.69) is 54.1 Å². The number of urea groups is 1. The number of hydrogen-bond donors (Lipinski definition) is 2. The van der Waals surface area contributed by atoms with Gasteiger partial charge < -0.3 is 10.3 Å². The molecule has 2 aromatic rings. The van der Waals surface area contributed by atoms with Gasteiger partial charge in [-0.3, -0.25) is 0 Å². The van der Waals surface area contributed by atoms with Gasteiger partial charge in [0.15, 0.2) is 0 Å². The van der Waals surface area contributed by atoms with Crippen molar-refractivity contribution < 1.29 is 4.79 Å². The van der Waals surface area contributed by atoms with Gasteiger partial charge in [-0.05, 0) is 44.4 Å². The number of benzene rings is 1. The van der Waals surface area contributed by atoms with E-state index in [1.165, 1.54) is 16.8 Å². The number of carbonyl (C=O) groups is 1. The zero-order chi connectivity index (χ0) is 16.3. The highest BCUT2D eigenvalue weighted by Gasteiger charge is 2.14. The molecule has 0 saturated heterocycles. The van der Waals surface area contributed by atoms with E-state index in [0.29, 0.717) is 0 Å². The van der Waals surface area contributed by atoms with E-state index in [1.807, 2.05) is 13.0 Å². The fraction of sp³-hybridized carbons (Fsp3) is 0.294. The molecule has 1 aromatic heterocycles. The third kappa shape index (κ3) is 3.03. The monoisotopic (exact) mass is 298 g/mol. The summed E-state index contributed by atoms with van der Waals surface area (Å²) >= 11 is 0. The van der Waals surface area contributed by atoms with Crippen molar-refractivity contribution in [2.45, 2.75) is 34.1 Å². The highest BCUT2D eigenvalue weighted by Crippen LogP contribution is 2.26. The van der Waals surface area contributed by atoms with Gasteiger partial charge in [-0.1, -0.05) is 25.1 Å². The van der Waals surface area contributed by atoms with Gasteiger partial charge in [0.05, 0.1) is 11.9 Å². The Kier molecular flexibility index (Phi) is 4.65. The fourth-order valence-electron chi connectivity index (χ4n) is 2.75. The van der Waals surface area contributed by atoms with Crippen molar-refractivity contribution in [1.29, 1.82) is 0 Å². The summed E-state index contributed by atoms with van der Waals surface area (Å²) in [5.41, 5.74) is 14.2. The summed E-state index contributed by atoms with van der Waals surface area (Å²) in [6.07, 6.45) is 2.59. The van der Waals surface area contributed by atoms with E-state index in [4.69, 9.17) is 5.73 Å². The van der Waals surface area contributed by atoms with Crippen LogP contribution in [-0.4, -0.2) is 16.8 Å². The van der Waals surface area contributed by atoms with E-state index in [1.54, 1.807) is 6.21 Å². The summed E-state index contributed by atoms with van der Waals surface area (Å²) in [6, 6.07) is 7.75. The summed E-state index contributed by atoms with van der Waals surface area (Å²) in [7, 11) is 0. The molecule has 1 aromatic carbocycles. The number of aromatic nitrogens is 1. The van der Waals surface area contributed by atoms with Crippen LogP contribution in [0.15, 0.2) is 29.4 Å². The van der Waals surface area contributed by atoms with Gasteiger partial charge in [0.25, 0.3) is 0 Å². The normalized spacial score (nSPS) is 11.1. The van der Waals surface area contributed by atoms with Crippen LogP contribution in [0.1, 0.15) is 35.0 Å². The average Bonchev–Trinajstić information content (AvgIpc) is 2.73. The topological polar surface area (TPSA) is 72.4 Å². The molecule has 0 spiro atoms. The molecule has 0 fully saturated rings. The van der Waals surface area contributed by atoms with Crippen molar-refractivity contribution in [3.8, 4) is 5.69 Å². The molecule has 0 unspecified atom stereocenters. The lowest BCUT2D eigenvalue weighted by Crippen LogP contribution is -2.24. The van der Waals surface area contributed by atoms with Crippen LogP contribution in [0, 0.1) is 20.8 Å². The molecular formula is C17H22N4O. The van der Waals surface area contributed by atoms with Crippen molar-refractivity contribution in [1.82, 2.24) is 9.99 Å². The maximum atomic E-state index is 10.7. The minimum Gasteiger partial charge on any atom is -0.350 e. The zero-order valence-electron chi connectivity index (χ0n) is 13.5. The average molecular weight is 298 g/mol. The summed E-state index contributed by atoms with van der Waals surface area (Å²) in [5.74, 6) is 0. The summed E-state index contributed by atoms with van der Waals surface area (Å²) < 4.78 is 2.24.